The highest BCUT2D eigenvalue weighted by Crippen LogP contribution is 2.14. The lowest BCUT2D eigenvalue weighted by Gasteiger charge is -2.02. The molecule has 0 aromatic carbocycles. The normalized spacial score (nSPS) is 9.73. The molecule has 5 nitrogen and oxygen atoms in total. The zero-order valence-electron chi connectivity index (χ0n) is 7.86. The van der Waals surface area contributed by atoms with Crippen LogP contribution in [-0.4, -0.2) is 28.6 Å². The third-order valence-corrected chi connectivity index (χ3v) is 1.85. The summed E-state index contributed by atoms with van der Waals surface area (Å²) in [6.07, 6.45) is 0. The lowest BCUT2D eigenvalue weighted by Crippen LogP contribution is -2.09. The SMILES string of the molecule is CCOC(=O)c1ccc(C(=O)O)c(Cl)n1. The number of halogens is 1. The summed E-state index contributed by atoms with van der Waals surface area (Å²) in [5.41, 5.74) is -0.156. The van der Waals surface area contributed by atoms with Crippen LogP contribution in [0, 0.1) is 0 Å². The molecule has 6 heteroatoms. The number of hydrogen-bond donors (Lipinski definition) is 1. The monoisotopic (exact) mass is 229 g/mol. The predicted molar refractivity (Wildman–Crippen MR) is 52.2 cm³/mol. The summed E-state index contributed by atoms with van der Waals surface area (Å²) in [6, 6.07) is 2.47. The number of rotatable bonds is 3. The Balaban J connectivity index is 3.01. The second kappa shape index (κ2) is 4.75. The summed E-state index contributed by atoms with van der Waals surface area (Å²) < 4.78 is 4.68. The quantitative estimate of drug-likeness (QED) is 0.629. The summed E-state index contributed by atoms with van der Waals surface area (Å²) in [5.74, 6) is -1.82. The van der Waals surface area contributed by atoms with Gasteiger partial charge in [0.15, 0.2) is 0 Å². The molecule has 1 aromatic rings. The number of ether oxygens (including phenoxy) is 1. The van der Waals surface area contributed by atoms with Gasteiger partial charge < -0.3 is 9.84 Å². The van der Waals surface area contributed by atoms with E-state index in [1.807, 2.05) is 0 Å². The highest BCUT2D eigenvalue weighted by atomic mass is 35.5. The van der Waals surface area contributed by atoms with Gasteiger partial charge in [-0.15, -0.1) is 0 Å². The Morgan fingerprint density at radius 1 is 1.53 bits per heavy atom. The van der Waals surface area contributed by atoms with Gasteiger partial charge in [0.1, 0.15) is 10.8 Å². The molecule has 80 valence electrons. The van der Waals surface area contributed by atoms with Gasteiger partial charge in [0.2, 0.25) is 0 Å². The van der Waals surface area contributed by atoms with E-state index in [2.05, 4.69) is 9.72 Å². The van der Waals surface area contributed by atoms with Crippen molar-refractivity contribution in [2.45, 2.75) is 6.92 Å². The number of nitrogens with zero attached hydrogens (tertiary/aromatic N) is 1. The standard InChI is InChI=1S/C9H8ClNO4/c1-2-15-9(14)6-4-3-5(8(12)13)7(10)11-6/h3-4H,2H2,1H3,(H,12,13). The lowest BCUT2D eigenvalue weighted by atomic mass is 10.2. The Hall–Kier alpha value is -1.62. The molecule has 15 heavy (non-hydrogen) atoms. The maximum atomic E-state index is 11.2. The van der Waals surface area contributed by atoms with Crippen molar-refractivity contribution >= 4 is 23.5 Å². The van der Waals surface area contributed by atoms with Gasteiger partial charge in [0.05, 0.1) is 12.2 Å². The Morgan fingerprint density at radius 2 is 2.20 bits per heavy atom. The first-order valence-electron chi connectivity index (χ1n) is 4.13. The van der Waals surface area contributed by atoms with E-state index < -0.39 is 11.9 Å². The van der Waals surface area contributed by atoms with Crippen molar-refractivity contribution in [3.8, 4) is 0 Å². The van der Waals surface area contributed by atoms with Crippen LogP contribution in [0.5, 0.6) is 0 Å². The van der Waals surface area contributed by atoms with Gasteiger partial charge in [-0.2, -0.15) is 0 Å². The largest absolute Gasteiger partial charge is 0.478 e. The number of carbonyl (C=O) groups is 2. The van der Waals surface area contributed by atoms with Crippen LogP contribution in [0.2, 0.25) is 5.15 Å². The van der Waals surface area contributed by atoms with Crippen LogP contribution in [0.15, 0.2) is 12.1 Å². The van der Waals surface area contributed by atoms with Crippen molar-refractivity contribution < 1.29 is 19.4 Å². The Kier molecular flexibility index (Phi) is 3.62. The minimum absolute atomic E-state index is 0.00755. The molecular weight excluding hydrogens is 222 g/mol. The summed E-state index contributed by atoms with van der Waals surface area (Å²) in [6.45, 7) is 1.88. The number of esters is 1. The maximum absolute atomic E-state index is 11.2. The third-order valence-electron chi connectivity index (χ3n) is 1.56. The molecule has 0 bridgehead atoms. The van der Waals surface area contributed by atoms with Gasteiger partial charge in [-0.3, -0.25) is 0 Å². The Morgan fingerprint density at radius 3 is 2.67 bits per heavy atom. The molecule has 1 rings (SSSR count). The molecule has 1 heterocycles. The van der Waals surface area contributed by atoms with Crippen LogP contribution in [0.4, 0.5) is 0 Å². The molecule has 1 N–H and O–H groups in total. The molecule has 0 spiro atoms. The van der Waals surface area contributed by atoms with Crippen molar-refractivity contribution in [2.75, 3.05) is 6.61 Å². The fraction of sp³-hybridized carbons (Fsp3) is 0.222. The fourth-order valence-corrected chi connectivity index (χ4v) is 1.15. The number of carbonyl (C=O) groups excluding carboxylic acids is 1. The molecule has 0 saturated heterocycles. The van der Waals surface area contributed by atoms with E-state index in [1.165, 1.54) is 12.1 Å². The van der Waals surface area contributed by atoms with Crippen molar-refractivity contribution in [3.05, 3.63) is 28.5 Å². The number of carboxylic acid groups (broad SMARTS) is 1. The molecule has 0 aliphatic rings. The van der Waals surface area contributed by atoms with E-state index in [0.717, 1.165) is 0 Å². The van der Waals surface area contributed by atoms with Gasteiger partial charge in [-0.05, 0) is 19.1 Å². The fourth-order valence-electron chi connectivity index (χ4n) is 0.913. The number of carboxylic acids is 1. The molecular formula is C9H8ClNO4. The van der Waals surface area contributed by atoms with Gasteiger partial charge in [0, 0.05) is 0 Å². The molecule has 0 unspecified atom stereocenters. The molecule has 0 aliphatic heterocycles. The first-order chi connectivity index (χ1) is 7.06. The smallest absolute Gasteiger partial charge is 0.356 e. The third kappa shape index (κ3) is 2.66. The highest BCUT2D eigenvalue weighted by Gasteiger charge is 2.14. The van der Waals surface area contributed by atoms with E-state index >= 15 is 0 Å². The van der Waals surface area contributed by atoms with Gasteiger partial charge >= 0.3 is 11.9 Å². The van der Waals surface area contributed by atoms with Crippen molar-refractivity contribution in [3.63, 3.8) is 0 Å². The second-order valence-corrected chi connectivity index (χ2v) is 2.92. The van der Waals surface area contributed by atoms with Crippen LogP contribution >= 0.6 is 11.6 Å². The molecule has 0 atom stereocenters. The van der Waals surface area contributed by atoms with E-state index in [9.17, 15) is 9.59 Å². The van der Waals surface area contributed by atoms with Crippen LogP contribution < -0.4 is 0 Å². The summed E-state index contributed by atoms with van der Waals surface area (Å²) >= 11 is 5.57. The molecule has 0 radical (unpaired) electrons. The minimum atomic E-state index is -1.19. The van der Waals surface area contributed by atoms with Gasteiger partial charge in [-0.25, -0.2) is 14.6 Å². The van der Waals surface area contributed by atoms with Crippen LogP contribution in [-0.2, 0) is 4.74 Å². The van der Waals surface area contributed by atoms with Crippen LogP contribution in [0.25, 0.3) is 0 Å². The van der Waals surface area contributed by atoms with E-state index in [0.29, 0.717) is 0 Å². The predicted octanol–water partition coefficient (Wildman–Crippen LogP) is 1.61. The number of hydrogen-bond acceptors (Lipinski definition) is 4. The minimum Gasteiger partial charge on any atom is -0.478 e. The zero-order valence-corrected chi connectivity index (χ0v) is 8.61. The van der Waals surface area contributed by atoms with E-state index in [1.54, 1.807) is 6.92 Å². The topological polar surface area (TPSA) is 76.5 Å². The molecule has 0 saturated carbocycles. The van der Waals surface area contributed by atoms with E-state index in [4.69, 9.17) is 16.7 Å². The number of aromatic carboxylic acids is 1. The highest BCUT2D eigenvalue weighted by molar-refractivity contribution is 6.32. The summed E-state index contributed by atoms with van der Waals surface area (Å²) in [7, 11) is 0. The molecule has 1 aromatic heterocycles. The van der Waals surface area contributed by atoms with Crippen LogP contribution in [0.3, 0.4) is 0 Å². The summed E-state index contributed by atoms with van der Waals surface area (Å²) in [5, 5.41) is 8.43. The lowest BCUT2D eigenvalue weighted by molar-refractivity contribution is 0.0518. The molecule has 0 amide bonds. The average Bonchev–Trinajstić information content (AvgIpc) is 2.17. The molecule has 0 fully saturated rings. The van der Waals surface area contributed by atoms with Gasteiger partial charge in [0.25, 0.3) is 0 Å². The first kappa shape index (κ1) is 11.5. The number of pyridine rings is 1. The van der Waals surface area contributed by atoms with Crippen LogP contribution in [0.1, 0.15) is 27.8 Å². The van der Waals surface area contributed by atoms with Crippen molar-refractivity contribution in [1.29, 1.82) is 0 Å². The first-order valence-corrected chi connectivity index (χ1v) is 4.51. The van der Waals surface area contributed by atoms with Gasteiger partial charge in [-0.1, -0.05) is 11.6 Å². The summed E-state index contributed by atoms with van der Waals surface area (Å²) in [4.78, 5) is 25.4. The Bertz CT molecular complexity index is 405. The maximum Gasteiger partial charge on any atom is 0.356 e. The average molecular weight is 230 g/mol. The van der Waals surface area contributed by atoms with Crippen molar-refractivity contribution in [2.24, 2.45) is 0 Å². The van der Waals surface area contributed by atoms with E-state index in [-0.39, 0.29) is 23.0 Å². The zero-order chi connectivity index (χ0) is 11.4. The van der Waals surface area contributed by atoms with Crippen molar-refractivity contribution in [1.82, 2.24) is 4.98 Å². The second-order valence-electron chi connectivity index (χ2n) is 2.56. The number of aromatic nitrogens is 1. The Labute approximate surface area is 90.6 Å². The molecule has 0 aliphatic carbocycles.